The molecule has 128 valence electrons. The third-order valence-electron chi connectivity index (χ3n) is 4.90. The van der Waals surface area contributed by atoms with Crippen molar-refractivity contribution in [3.8, 4) is 11.1 Å². The molecule has 3 rings (SSSR count). The highest BCUT2D eigenvalue weighted by atomic mass is 14.1. The molecule has 0 fully saturated rings. The highest BCUT2D eigenvalue weighted by Gasteiger charge is 2.02. The molecule has 25 heavy (non-hydrogen) atoms. The molecule has 0 aliphatic rings. The summed E-state index contributed by atoms with van der Waals surface area (Å²) < 4.78 is 0. The first-order valence-corrected chi connectivity index (χ1v) is 9.53. The molecule has 0 atom stereocenters. The highest BCUT2D eigenvalue weighted by molar-refractivity contribution is 5.87. The molecule has 0 nitrogen and oxygen atoms in total. The molecule has 0 saturated carbocycles. The quantitative estimate of drug-likeness (QED) is 0.299. The second kappa shape index (κ2) is 8.67. The fourth-order valence-corrected chi connectivity index (χ4v) is 3.34. The van der Waals surface area contributed by atoms with Crippen LogP contribution in [0.1, 0.15) is 43.7 Å². The van der Waals surface area contributed by atoms with Crippen molar-refractivity contribution in [2.75, 3.05) is 0 Å². The van der Waals surface area contributed by atoms with E-state index in [0.717, 1.165) is 12.8 Å². The van der Waals surface area contributed by atoms with Crippen molar-refractivity contribution in [1.29, 1.82) is 0 Å². The largest absolute Gasteiger partial charge is 0.103 e. The van der Waals surface area contributed by atoms with Crippen molar-refractivity contribution >= 4 is 10.8 Å². The number of fused-ring (bicyclic) bond motifs is 1. The summed E-state index contributed by atoms with van der Waals surface area (Å²) in [7, 11) is 0. The van der Waals surface area contributed by atoms with Gasteiger partial charge in [-0.1, -0.05) is 80.4 Å². The average Bonchev–Trinajstić information content (AvgIpc) is 2.66. The molecular formula is C25H28. The Labute approximate surface area is 152 Å². The highest BCUT2D eigenvalue weighted by Crippen LogP contribution is 2.26. The van der Waals surface area contributed by atoms with Crippen molar-refractivity contribution in [2.24, 2.45) is 0 Å². The Morgan fingerprint density at radius 2 is 1.40 bits per heavy atom. The molecule has 0 spiro atoms. The van der Waals surface area contributed by atoms with E-state index in [1.54, 1.807) is 0 Å². The van der Waals surface area contributed by atoms with E-state index in [-0.39, 0.29) is 0 Å². The Morgan fingerprint density at radius 1 is 0.720 bits per heavy atom. The van der Waals surface area contributed by atoms with Gasteiger partial charge in [-0.2, -0.15) is 0 Å². The summed E-state index contributed by atoms with van der Waals surface area (Å²) in [5.74, 6) is 0. The number of aryl methyl sites for hydroxylation is 2. The maximum absolute atomic E-state index is 3.80. The first kappa shape index (κ1) is 17.5. The number of hydrogen-bond donors (Lipinski definition) is 0. The van der Waals surface area contributed by atoms with Crippen LogP contribution in [0.4, 0.5) is 0 Å². The van der Waals surface area contributed by atoms with Crippen LogP contribution in [-0.2, 0) is 12.8 Å². The van der Waals surface area contributed by atoms with Crippen molar-refractivity contribution in [3.05, 3.63) is 84.4 Å². The zero-order valence-electron chi connectivity index (χ0n) is 15.3. The lowest BCUT2D eigenvalue weighted by Gasteiger charge is -2.08. The van der Waals surface area contributed by atoms with E-state index in [9.17, 15) is 0 Å². The van der Waals surface area contributed by atoms with Gasteiger partial charge in [0.2, 0.25) is 0 Å². The number of rotatable bonds is 8. The lowest BCUT2D eigenvalue weighted by molar-refractivity contribution is 0.718. The Hall–Kier alpha value is -2.34. The van der Waals surface area contributed by atoms with Gasteiger partial charge in [0, 0.05) is 0 Å². The van der Waals surface area contributed by atoms with Gasteiger partial charge in [-0.3, -0.25) is 0 Å². The molecule has 0 bridgehead atoms. The van der Waals surface area contributed by atoms with E-state index in [0.29, 0.717) is 0 Å². The van der Waals surface area contributed by atoms with Crippen LogP contribution in [0.2, 0.25) is 0 Å². The van der Waals surface area contributed by atoms with Crippen molar-refractivity contribution in [1.82, 2.24) is 0 Å². The van der Waals surface area contributed by atoms with Crippen LogP contribution in [0.25, 0.3) is 21.9 Å². The van der Waals surface area contributed by atoms with Gasteiger partial charge < -0.3 is 0 Å². The Bertz CT molecular complexity index is 824. The minimum Gasteiger partial charge on any atom is -0.103 e. The normalized spacial score (nSPS) is 10.9. The van der Waals surface area contributed by atoms with Crippen molar-refractivity contribution in [3.63, 3.8) is 0 Å². The molecule has 0 unspecified atom stereocenters. The fraction of sp³-hybridized carbons (Fsp3) is 0.280. The van der Waals surface area contributed by atoms with E-state index in [1.807, 2.05) is 6.08 Å². The van der Waals surface area contributed by atoms with Gasteiger partial charge in [0.1, 0.15) is 0 Å². The third-order valence-corrected chi connectivity index (χ3v) is 4.90. The van der Waals surface area contributed by atoms with Crippen LogP contribution in [0, 0.1) is 0 Å². The van der Waals surface area contributed by atoms with Crippen LogP contribution in [-0.4, -0.2) is 0 Å². The first-order valence-electron chi connectivity index (χ1n) is 9.53. The number of benzene rings is 3. The van der Waals surface area contributed by atoms with Gasteiger partial charge in [0.05, 0.1) is 0 Å². The van der Waals surface area contributed by atoms with Crippen LogP contribution in [0.15, 0.2) is 73.3 Å². The van der Waals surface area contributed by atoms with Gasteiger partial charge in [-0.25, -0.2) is 0 Å². The lowest BCUT2D eigenvalue weighted by Crippen LogP contribution is -1.87. The average molecular weight is 328 g/mol. The minimum atomic E-state index is 1.04. The van der Waals surface area contributed by atoms with Gasteiger partial charge in [0.15, 0.2) is 0 Å². The number of unbranched alkanes of at least 4 members (excludes halogenated alkanes) is 2. The van der Waals surface area contributed by atoms with Crippen LogP contribution in [0.5, 0.6) is 0 Å². The van der Waals surface area contributed by atoms with Gasteiger partial charge in [-0.15, -0.1) is 6.58 Å². The molecule has 0 radical (unpaired) electrons. The third kappa shape index (κ3) is 4.60. The summed E-state index contributed by atoms with van der Waals surface area (Å²) in [4.78, 5) is 0. The van der Waals surface area contributed by atoms with Crippen LogP contribution >= 0.6 is 0 Å². The maximum Gasteiger partial charge on any atom is -0.0178 e. The SMILES string of the molecule is C=CCCc1ccc(-c2ccc3cc(CCCCC)ccc3c2)cc1. The molecule has 0 saturated heterocycles. The molecule has 0 heteroatoms. The molecule has 3 aromatic carbocycles. The molecule has 0 aliphatic heterocycles. The lowest BCUT2D eigenvalue weighted by atomic mass is 9.97. The summed E-state index contributed by atoms with van der Waals surface area (Å²) in [6, 6.07) is 22.7. The van der Waals surface area contributed by atoms with E-state index >= 15 is 0 Å². The zero-order chi connectivity index (χ0) is 17.5. The van der Waals surface area contributed by atoms with E-state index in [1.165, 1.54) is 58.7 Å². The van der Waals surface area contributed by atoms with E-state index < -0.39 is 0 Å². The molecule has 0 aromatic heterocycles. The van der Waals surface area contributed by atoms with Crippen molar-refractivity contribution in [2.45, 2.75) is 45.4 Å². The summed E-state index contributed by atoms with van der Waals surface area (Å²) in [6.07, 6.45) is 9.17. The number of hydrogen-bond acceptors (Lipinski definition) is 0. The van der Waals surface area contributed by atoms with Gasteiger partial charge >= 0.3 is 0 Å². The predicted octanol–water partition coefficient (Wildman–Crippen LogP) is 7.36. The summed E-state index contributed by atoms with van der Waals surface area (Å²) >= 11 is 0. The molecule has 0 N–H and O–H groups in total. The minimum absolute atomic E-state index is 1.04. The molecule has 0 amide bonds. The van der Waals surface area contributed by atoms with Gasteiger partial charge in [0.25, 0.3) is 0 Å². The number of allylic oxidation sites excluding steroid dienone is 1. The molecule has 3 aromatic rings. The summed E-state index contributed by atoms with van der Waals surface area (Å²) in [5.41, 5.74) is 5.42. The zero-order valence-corrected chi connectivity index (χ0v) is 15.3. The smallest absolute Gasteiger partial charge is 0.0178 e. The Morgan fingerprint density at radius 3 is 2.16 bits per heavy atom. The van der Waals surface area contributed by atoms with E-state index in [4.69, 9.17) is 0 Å². The second-order valence-corrected chi connectivity index (χ2v) is 6.88. The molecule has 0 heterocycles. The molecule has 0 aliphatic carbocycles. The Kier molecular flexibility index (Phi) is 6.06. The standard InChI is InChI=1S/C25H28/c1-3-5-7-9-21-12-15-25-19-24(17-16-23(25)18-21)22-13-10-20(11-14-22)8-6-4-2/h4,10-19H,2-3,5-9H2,1H3. The topological polar surface area (TPSA) is 0 Å². The van der Waals surface area contributed by atoms with Crippen LogP contribution < -0.4 is 0 Å². The first-order chi connectivity index (χ1) is 12.3. The van der Waals surface area contributed by atoms with Crippen molar-refractivity contribution < 1.29 is 0 Å². The maximum atomic E-state index is 3.80. The summed E-state index contributed by atoms with van der Waals surface area (Å²) in [6.45, 7) is 6.05. The Balaban J connectivity index is 1.78. The van der Waals surface area contributed by atoms with Gasteiger partial charge in [-0.05, 0) is 64.8 Å². The summed E-state index contributed by atoms with van der Waals surface area (Å²) in [5, 5.41) is 2.67. The monoisotopic (exact) mass is 328 g/mol. The van der Waals surface area contributed by atoms with Crippen LogP contribution in [0.3, 0.4) is 0 Å². The second-order valence-electron chi connectivity index (χ2n) is 6.88. The predicted molar refractivity (Wildman–Crippen MR) is 111 cm³/mol. The van der Waals surface area contributed by atoms with E-state index in [2.05, 4.69) is 74.2 Å². The molecular weight excluding hydrogens is 300 g/mol. The fourth-order valence-electron chi connectivity index (χ4n) is 3.34.